The number of nitrogens with zero attached hydrogens (tertiary/aromatic N) is 1. The van der Waals surface area contributed by atoms with E-state index in [0.717, 1.165) is 0 Å². The molecule has 0 radical (unpaired) electrons. The highest BCUT2D eigenvalue weighted by Crippen LogP contribution is 2.35. The minimum Gasteiger partial charge on any atom is -0.489 e. The third kappa shape index (κ3) is 2.33. The van der Waals surface area contributed by atoms with Crippen LogP contribution < -0.4 is 9.64 Å². The van der Waals surface area contributed by atoms with E-state index in [1.165, 1.54) is 6.07 Å². The van der Waals surface area contributed by atoms with E-state index in [1.54, 1.807) is 24.1 Å². The number of likely N-dealkylation sites (N-methyl/N-ethyl adjacent to an activating group) is 1. The van der Waals surface area contributed by atoms with Gasteiger partial charge >= 0.3 is 5.97 Å². The maximum atomic E-state index is 13.7. The number of carbonyl (C=O) groups is 1. The summed E-state index contributed by atoms with van der Waals surface area (Å²) in [5.74, 6) is -0.679. The smallest absolute Gasteiger partial charge is 0.303 e. The summed E-state index contributed by atoms with van der Waals surface area (Å²) in [5.41, 5.74) is 0.411. The molecular formula is C12H14FNO3. The average Bonchev–Trinajstić information content (AvgIpc) is 2.28. The van der Waals surface area contributed by atoms with Gasteiger partial charge in [-0.2, -0.15) is 0 Å². The van der Waals surface area contributed by atoms with Crippen LogP contribution in [0.15, 0.2) is 18.2 Å². The monoisotopic (exact) mass is 239 g/mol. The highest BCUT2D eigenvalue weighted by Gasteiger charge is 2.27. The fourth-order valence-corrected chi connectivity index (χ4v) is 2.00. The second kappa shape index (κ2) is 4.61. The number of halogens is 1. The van der Waals surface area contributed by atoms with Crippen molar-refractivity contribution >= 4 is 11.7 Å². The zero-order chi connectivity index (χ0) is 12.4. The van der Waals surface area contributed by atoms with Gasteiger partial charge in [0, 0.05) is 13.5 Å². The first-order chi connectivity index (χ1) is 8.09. The number of hydrogen-bond donors (Lipinski definition) is 1. The van der Waals surface area contributed by atoms with Gasteiger partial charge in [-0.25, -0.2) is 4.39 Å². The normalized spacial score (nSPS) is 18.5. The van der Waals surface area contributed by atoms with E-state index in [2.05, 4.69) is 0 Å². The molecule has 1 aromatic carbocycles. The summed E-state index contributed by atoms with van der Waals surface area (Å²) in [6.07, 6.45) is 0.502. The van der Waals surface area contributed by atoms with Gasteiger partial charge in [0.2, 0.25) is 0 Å². The molecule has 0 aromatic heterocycles. The quantitative estimate of drug-likeness (QED) is 0.875. The van der Waals surface area contributed by atoms with Gasteiger partial charge in [0.05, 0.1) is 6.04 Å². The Bertz CT molecular complexity index is 436. The van der Waals surface area contributed by atoms with Crippen molar-refractivity contribution in [2.24, 2.45) is 0 Å². The number of carboxylic acids is 1. The molecule has 0 spiro atoms. The molecule has 1 aliphatic heterocycles. The number of para-hydroxylation sites is 1. The van der Waals surface area contributed by atoms with Crippen LogP contribution >= 0.6 is 0 Å². The van der Waals surface area contributed by atoms with E-state index in [-0.39, 0.29) is 18.3 Å². The highest BCUT2D eigenvalue weighted by molar-refractivity contribution is 5.67. The minimum absolute atomic E-state index is 0.0577. The van der Waals surface area contributed by atoms with Gasteiger partial charge < -0.3 is 14.7 Å². The molecule has 2 rings (SSSR count). The first kappa shape index (κ1) is 11.7. The van der Waals surface area contributed by atoms with Crippen molar-refractivity contribution < 1.29 is 19.0 Å². The van der Waals surface area contributed by atoms with Crippen molar-refractivity contribution in [1.82, 2.24) is 0 Å². The Morgan fingerprint density at radius 2 is 2.41 bits per heavy atom. The van der Waals surface area contributed by atoms with Crippen molar-refractivity contribution in [2.45, 2.75) is 18.9 Å². The Morgan fingerprint density at radius 1 is 1.65 bits per heavy atom. The summed E-state index contributed by atoms with van der Waals surface area (Å²) < 4.78 is 19.1. The average molecular weight is 239 g/mol. The minimum atomic E-state index is -0.849. The fraction of sp³-hybridized carbons (Fsp3) is 0.417. The number of anilines is 1. The first-order valence-corrected chi connectivity index (χ1v) is 5.45. The van der Waals surface area contributed by atoms with E-state index in [0.29, 0.717) is 24.5 Å². The number of ether oxygens (including phenoxy) is 1. The molecule has 1 heterocycles. The Labute approximate surface area is 98.6 Å². The van der Waals surface area contributed by atoms with Crippen LogP contribution in [0.4, 0.5) is 10.1 Å². The van der Waals surface area contributed by atoms with E-state index in [4.69, 9.17) is 9.84 Å². The molecule has 1 N–H and O–H groups in total. The molecule has 0 fully saturated rings. The van der Waals surface area contributed by atoms with E-state index in [9.17, 15) is 9.18 Å². The van der Waals surface area contributed by atoms with Crippen molar-refractivity contribution in [3.8, 4) is 5.75 Å². The van der Waals surface area contributed by atoms with E-state index in [1.807, 2.05) is 0 Å². The van der Waals surface area contributed by atoms with Gasteiger partial charge in [0.1, 0.15) is 23.9 Å². The number of fused-ring (bicyclic) bond motifs is 1. The topological polar surface area (TPSA) is 49.8 Å². The maximum absolute atomic E-state index is 13.7. The predicted octanol–water partition coefficient (Wildman–Crippen LogP) is 1.89. The van der Waals surface area contributed by atoms with Crippen LogP contribution in [0.1, 0.15) is 12.8 Å². The third-order valence-corrected chi connectivity index (χ3v) is 2.97. The Morgan fingerprint density at radius 3 is 3.12 bits per heavy atom. The zero-order valence-corrected chi connectivity index (χ0v) is 9.52. The van der Waals surface area contributed by atoms with Crippen LogP contribution in [0.25, 0.3) is 0 Å². The largest absolute Gasteiger partial charge is 0.489 e. The number of carboxylic acid groups (broad SMARTS) is 1. The lowest BCUT2D eigenvalue weighted by Gasteiger charge is -2.35. The maximum Gasteiger partial charge on any atom is 0.303 e. The summed E-state index contributed by atoms with van der Waals surface area (Å²) >= 11 is 0. The summed E-state index contributed by atoms with van der Waals surface area (Å²) in [4.78, 5) is 12.3. The molecule has 1 unspecified atom stereocenters. The molecule has 0 amide bonds. The van der Waals surface area contributed by atoms with Gasteiger partial charge in [-0.05, 0) is 18.6 Å². The second-order valence-electron chi connectivity index (χ2n) is 4.09. The first-order valence-electron chi connectivity index (χ1n) is 5.45. The molecule has 1 atom stereocenters. The van der Waals surface area contributed by atoms with Crippen LogP contribution in [0.3, 0.4) is 0 Å². The molecular weight excluding hydrogens is 225 g/mol. The Hall–Kier alpha value is -1.78. The molecule has 4 nitrogen and oxygen atoms in total. The lowest BCUT2D eigenvalue weighted by molar-refractivity contribution is -0.137. The molecule has 0 saturated carbocycles. The molecule has 0 bridgehead atoms. The van der Waals surface area contributed by atoms with Crippen LogP contribution in [0.5, 0.6) is 5.75 Å². The van der Waals surface area contributed by atoms with Crippen molar-refractivity contribution in [1.29, 1.82) is 0 Å². The lowest BCUT2D eigenvalue weighted by Crippen LogP contribution is -2.41. The standard InChI is InChI=1S/C12H14FNO3/c1-14-8(5-6-11(15)16)7-17-10-4-2-3-9(13)12(10)14/h2-4,8H,5-7H2,1H3,(H,15,16). The zero-order valence-electron chi connectivity index (χ0n) is 9.52. The Balaban J connectivity index is 2.17. The van der Waals surface area contributed by atoms with Crippen LogP contribution in [-0.4, -0.2) is 30.8 Å². The molecule has 1 aliphatic rings. The van der Waals surface area contributed by atoms with Gasteiger partial charge in [0.25, 0.3) is 0 Å². The number of aliphatic carboxylic acids is 1. The van der Waals surface area contributed by atoms with Gasteiger partial charge in [-0.15, -0.1) is 0 Å². The number of benzene rings is 1. The van der Waals surface area contributed by atoms with Crippen LogP contribution in [0.2, 0.25) is 0 Å². The van der Waals surface area contributed by atoms with Gasteiger partial charge in [0.15, 0.2) is 0 Å². The van der Waals surface area contributed by atoms with Crippen molar-refractivity contribution in [3.05, 3.63) is 24.0 Å². The van der Waals surface area contributed by atoms with Crippen LogP contribution in [0, 0.1) is 5.82 Å². The SMILES string of the molecule is CN1c2c(F)cccc2OCC1CCC(=O)O. The lowest BCUT2D eigenvalue weighted by atomic mass is 10.1. The molecule has 92 valence electrons. The Kier molecular flexibility index (Phi) is 3.17. The summed E-state index contributed by atoms with van der Waals surface area (Å²) in [6.45, 7) is 0.389. The van der Waals surface area contributed by atoms with Gasteiger partial charge in [-0.1, -0.05) is 6.07 Å². The van der Waals surface area contributed by atoms with Gasteiger partial charge in [-0.3, -0.25) is 4.79 Å². The van der Waals surface area contributed by atoms with Crippen molar-refractivity contribution in [3.63, 3.8) is 0 Å². The summed E-state index contributed by atoms with van der Waals surface area (Å²) in [5, 5.41) is 8.65. The third-order valence-electron chi connectivity index (χ3n) is 2.97. The van der Waals surface area contributed by atoms with E-state index < -0.39 is 5.97 Å². The van der Waals surface area contributed by atoms with Crippen molar-refractivity contribution in [2.75, 3.05) is 18.6 Å². The molecule has 17 heavy (non-hydrogen) atoms. The second-order valence-corrected chi connectivity index (χ2v) is 4.09. The molecule has 5 heteroatoms. The van der Waals surface area contributed by atoms with Crippen LogP contribution in [-0.2, 0) is 4.79 Å². The predicted molar refractivity (Wildman–Crippen MR) is 61.0 cm³/mol. The summed E-state index contributed by atoms with van der Waals surface area (Å²) in [7, 11) is 1.76. The molecule has 0 saturated heterocycles. The number of hydrogen-bond acceptors (Lipinski definition) is 3. The van der Waals surface area contributed by atoms with E-state index >= 15 is 0 Å². The molecule has 0 aliphatic carbocycles. The fourth-order valence-electron chi connectivity index (χ4n) is 2.00. The highest BCUT2D eigenvalue weighted by atomic mass is 19.1. The number of rotatable bonds is 3. The summed E-state index contributed by atoms with van der Waals surface area (Å²) in [6, 6.07) is 4.58. The molecule has 1 aromatic rings.